The van der Waals surface area contributed by atoms with Crippen molar-refractivity contribution in [3.8, 4) is 0 Å². The van der Waals surface area contributed by atoms with E-state index in [0.717, 1.165) is 0 Å². The summed E-state index contributed by atoms with van der Waals surface area (Å²) in [4.78, 5) is 21.6. The molecule has 0 aromatic rings. The Hall–Kier alpha value is -1.33. The molecule has 3 N–H and O–H groups in total. The van der Waals surface area contributed by atoms with Crippen molar-refractivity contribution >= 4 is 11.9 Å². The molecule has 0 atom stereocenters. The molecule has 0 bridgehead atoms. The first kappa shape index (κ1) is 9.76. The Morgan fingerprint density at radius 1 is 1.31 bits per heavy atom. The van der Waals surface area contributed by atoms with Crippen LogP contribution in [-0.4, -0.2) is 24.7 Å². The van der Waals surface area contributed by atoms with Crippen molar-refractivity contribution in [2.24, 2.45) is 0 Å². The van der Waals surface area contributed by atoms with Gasteiger partial charge < -0.3 is 5.32 Å². The lowest BCUT2D eigenvalue weighted by atomic mass is 9.81. The van der Waals surface area contributed by atoms with Crippen molar-refractivity contribution in [3.05, 3.63) is 0 Å². The number of hydrogen-bond donors (Lipinski definition) is 3. The molecule has 0 aromatic carbocycles. The lowest BCUT2D eigenvalue weighted by molar-refractivity contribution is -0.139. The zero-order chi connectivity index (χ0) is 9.90. The summed E-state index contributed by atoms with van der Waals surface area (Å²) in [6, 6.07) is -0.573. The number of hydrogen-bond acceptors (Lipinski definition) is 2. The van der Waals surface area contributed by atoms with Crippen molar-refractivity contribution in [2.75, 3.05) is 7.05 Å². The highest BCUT2D eigenvalue weighted by Gasteiger charge is 2.44. The van der Waals surface area contributed by atoms with E-state index < -0.39 is 17.6 Å². The molecule has 1 saturated carbocycles. The highest BCUT2D eigenvalue weighted by molar-refractivity contribution is 5.87. The summed E-state index contributed by atoms with van der Waals surface area (Å²) in [6.45, 7) is 0. The summed E-state index contributed by atoms with van der Waals surface area (Å²) in [6.07, 6.45) is 1.17. The minimum absolute atomic E-state index is 0.230. The van der Waals surface area contributed by atoms with Crippen LogP contribution in [0.2, 0.25) is 0 Å². The van der Waals surface area contributed by atoms with Gasteiger partial charge in [-0.2, -0.15) is 0 Å². The van der Waals surface area contributed by atoms with Gasteiger partial charge in [-0.25, -0.2) is 14.6 Å². The van der Waals surface area contributed by atoms with Crippen molar-refractivity contribution in [2.45, 2.75) is 24.9 Å². The van der Waals surface area contributed by atoms with E-state index in [-0.39, 0.29) is 12.8 Å². The van der Waals surface area contributed by atoms with Gasteiger partial charge in [-0.15, -0.1) is 0 Å². The van der Waals surface area contributed by atoms with Crippen molar-refractivity contribution < 1.29 is 14.0 Å². The molecule has 1 aliphatic rings. The normalized spacial score (nSPS) is 18.3. The summed E-state index contributed by atoms with van der Waals surface area (Å²) < 4.78 is 13.3. The Labute approximate surface area is 75.0 Å². The number of hydrazine groups is 1. The summed E-state index contributed by atoms with van der Waals surface area (Å²) in [5.41, 5.74) is 2.24. The number of rotatable bonds is 1. The number of nitrogens with one attached hydrogen (secondary N) is 3. The molecule has 0 radical (unpaired) electrons. The van der Waals surface area contributed by atoms with Gasteiger partial charge in [0, 0.05) is 7.05 Å². The van der Waals surface area contributed by atoms with E-state index in [1.165, 1.54) is 7.05 Å². The van der Waals surface area contributed by atoms with Gasteiger partial charge in [-0.05, 0) is 19.3 Å². The van der Waals surface area contributed by atoms with Crippen LogP contribution in [0.5, 0.6) is 0 Å². The van der Waals surface area contributed by atoms with Crippen LogP contribution in [0.1, 0.15) is 19.3 Å². The van der Waals surface area contributed by atoms with E-state index in [2.05, 4.69) is 5.32 Å². The molecule has 5 nitrogen and oxygen atoms in total. The van der Waals surface area contributed by atoms with E-state index in [0.29, 0.717) is 6.42 Å². The van der Waals surface area contributed by atoms with Gasteiger partial charge in [-0.3, -0.25) is 10.2 Å². The highest BCUT2D eigenvalue weighted by atomic mass is 19.1. The smallest absolute Gasteiger partial charge is 0.333 e. The molecule has 0 heterocycles. The quantitative estimate of drug-likeness (QED) is 0.501. The third kappa shape index (κ3) is 2.07. The molecule has 0 aliphatic heterocycles. The van der Waals surface area contributed by atoms with Crippen LogP contribution < -0.4 is 16.2 Å². The molecule has 1 rings (SSSR count). The Morgan fingerprint density at radius 2 is 1.92 bits per heavy atom. The van der Waals surface area contributed by atoms with Crippen LogP contribution in [-0.2, 0) is 4.79 Å². The van der Waals surface area contributed by atoms with E-state index in [1.807, 2.05) is 10.9 Å². The Bertz CT molecular complexity index is 228. The van der Waals surface area contributed by atoms with Crippen molar-refractivity contribution in [1.29, 1.82) is 0 Å². The van der Waals surface area contributed by atoms with Crippen molar-refractivity contribution in [3.63, 3.8) is 0 Å². The fourth-order valence-electron chi connectivity index (χ4n) is 1.00. The fraction of sp³-hybridized carbons (Fsp3) is 0.714. The zero-order valence-corrected chi connectivity index (χ0v) is 7.32. The van der Waals surface area contributed by atoms with E-state index >= 15 is 0 Å². The molecular formula is C7H12FN3O2. The van der Waals surface area contributed by atoms with Gasteiger partial charge in [0.15, 0.2) is 5.67 Å². The molecular weight excluding hydrogens is 177 g/mol. The standard InChI is InChI=1S/C7H12FN3O2/c1-9-6(13)11-10-5(12)7(8)3-2-4-7/h2-4H2,1H3,(H,10,12)(H2,9,11,13). The Balaban J connectivity index is 2.29. The third-order valence-corrected chi connectivity index (χ3v) is 2.07. The first-order valence-corrected chi connectivity index (χ1v) is 4.05. The monoisotopic (exact) mass is 189 g/mol. The SMILES string of the molecule is CNC(=O)NNC(=O)C1(F)CCC1. The first-order chi connectivity index (χ1) is 6.08. The molecule has 3 amide bonds. The third-order valence-electron chi connectivity index (χ3n) is 2.07. The van der Waals surface area contributed by atoms with E-state index in [4.69, 9.17) is 0 Å². The lowest BCUT2D eigenvalue weighted by Crippen LogP contribution is -2.55. The summed E-state index contributed by atoms with van der Waals surface area (Å²) in [5.74, 6) is -0.776. The number of carbonyl (C=O) groups is 2. The van der Waals surface area contributed by atoms with Crippen LogP contribution in [0.25, 0.3) is 0 Å². The second kappa shape index (κ2) is 3.59. The number of carbonyl (C=O) groups excluding carboxylic acids is 2. The fourth-order valence-corrected chi connectivity index (χ4v) is 1.00. The average Bonchev–Trinajstić information content (AvgIpc) is 2.09. The number of alkyl halides is 1. The van der Waals surface area contributed by atoms with Crippen LogP contribution in [0.15, 0.2) is 0 Å². The van der Waals surface area contributed by atoms with Crippen LogP contribution in [0.3, 0.4) is 0 Å². The number of amides is 3. The minimum Gasteiger partial charge on any atom is -0.340 e. The van der Waals surface area contributed by atoms with Gasteiger partial charge in [0.25, 0.3) is 5.91 Å². The Kier molecular flexibility index (Phi) is 2.69. The molecule has 6 heteroatoms. The molecule has 1 aliphatic carbocycles. The largest absolute Gasteiger partial charge is 0.340 e. The van der Waals surface area contributed by atoms with Gasteiger partial charge in [-0.1, -0.05) is 0 Å². The molecule has 13 heavy (non-hydrogen) atoms. The van der Waals surface area contributed by atoms with Crippen LogP contribution in [0.4, 0.5) is 9.18 Å². The Morgan fingerprint density at radius 3 is 2.31 bits per heavy atom. The van der Waals surface area contributed by atoms with Crippen LogP contribution in [0, 0.1) is 0 Å². The average molecular weight is 189 g/mol. The lowest BCUT2D eigenvalue weighted by Gasteiger charge is -2.31. The molecule has 0 aromatic heterocycles. The molecule has 0 spiro atoms. The van der Waals surface area contributed by atoms with Crippen molar-refractivity contribution in [1.82, 2.24) is 16.2 Å². The zero-order valence-electron chi connectivity index (χ0n) is 7.32. The maximum absolute atomic E-state index is 13.3. The molecule has 74 valence electrons. The number of urea groups is 1. The van der Waals surface area contributed by atoms with Crippen LogP contribution >= 0.6 is 0 Å². The second-order valence-electron chi connectivity index (χ2n) is 2.98. The summed E-state index contributed by atoms with van der Waals surface area (Å²) in [5, 5.41) is 2.22. The maximum Gasteiger partial charge on any atom is 0.333 e. The topological polar surface area (TPSA) is 70.2 Å². The van der Waals surface area contributed by atoms with E-state index in [1.54, 1.807) is 0 Å². The predicted molar refractivity (Wildman–Crippen MR) is 43.4 cm³/mol. The van der Waals surface area contributed by atoms with E-state index in [9.17, 15) is 14.0 Å². The summed E-state index contributed by atoms with van der Waals surface area (Å²) in [7, 11) is 1.40. The second-order valence-corrected chi connectivity index (χ2v) is 2.98. The van der Waals surface area contributed by atoms with Gasteiger partial charge >= 0.3 is 6.03 Å². The molecule has 1 fully saturated rings. The van der Waals surface area contributed by atoms with Gasteiger partial charge in [0.1, 0.15) is 0 Å². The summed E-state index contributed by atoms with van der Waals surface area (Å²) >= 11 is 0. The first-order valence-electron chi connectivity index (χ1n) is 4.05. The molecule has 0 unspecified atom stereocenters. The number of halogens is 1. The van der Waals surface area contributed by atoms with Gasteiger partial charge in [0.2, 0.25) is 0 Å². The highest BCUT2D eigenvalue weighted by Crippen LogP contribution is 2.35. The van der Waals surface area contributed by atoms with Gasteiger partial charge in [0.05, 0.1) is 0 Å². The predicted octanol–water partition coefficient (Wildman–Crippen LogP) is -0.161. The molecule has 0 saturated heterocycles. The maximum atomic E-state index is 13.3. The minimum atomic E-state index is -1.78.